The number of alkyl halides is 3. The van der Waals surface area contributed by atoms with Gasteiger partial charge >= 0.3 is 6.18 Å². The van der Waals surface area contributed by atoms with Crippen molar-refractivity contribution < 1.29 is 22.8 Å². The Morgan fingerprint density at radius 2 is 2.18 bits per heavy atom. The molecule has 0 saturated heterocycles. The Hall–Kier alpha value is -2.89. The van der Waals surface area contributed by atoms with E-state index in [-0.39, 0.29) is 11.3 Å². The standard InChI is InChI=1S/C13H9F3N4O2/c1-7-9(5-17)12(11(22)19-7,13(14,15)16)20-10(21)8-3-2-4-18-6-8/h2-4,6H,1H3,(H,19,22)(H,20,21)/t12-/m0/s1. The van der Waals surface area contributed by atoms with Gasteiger partial charge in [0.25, 0.3) is 17.4 Å². The van der Waals surface area contributed by atoms with E-state index < -0.39 is 29.1 Å². The molecule has 1 aromatic rings. The number of nitrogens with one attached hydrogen (secondary N) is 2. The number of hydrogen-bond acceptors (Lipinski definition) is 4. The number of carbonyl (C=O) groups excluding carboxylic acids is 2. The summed E-state index contributed by atoms with van der Waals surface area (Å²) < 4.78 is 40.4. The first-order valence-electron chi connectivity index (χ1n) is 5.96. The molecule has 0 fully saturated rings. The number of pyridine rings is 1. The molecular formula is C13H9F3N4O2. The fourth-order valence-corrected chi connectivity index (χ4v) is 2.09. The van der Waals surface area contributed by atoms with E-state index in [9.17, 15) is 22.8 Å². The third-order valence-corrected chi connectivity index (χ3v) is 3.15. The van der Waals surface area contributed by atoms with Crippen molar-refractivity contribution in [2.45, 2.75) is 18.6 Å². The lowest BCUT2D eigenvalue weighted by molar-refractivity contribution is -0.184. The molecule has 1 aromatic heterocycles. The molecule has 2 heterocycles. The number of rotatable bonds is 2. The second-order valence-electron chi connectivity index (χ2n) is 4.51. The van der Waals surface area contributed by atoms with Crippen LogP contribution in [-0.4, -0.2) is 28.5 Å². The Kier molecular flexibility index (Phi) is 3.62. The summed E-state index contributed by atoms with van der Waals surface area (Å²) in [6.45, 7) is 1.15. The van der Waals surface area contributed by atoms with Crippen molar-refractivity contribution in [1.29, 1.82) is 5.26 Å². The van der Waals surface area contributed by atoms with Gasteiger partial charge in [-0.1, -0.05) is 0 Å². The second kappa shape index (κ2) is 5.14. The number of halogens is 3. The minimum Gasteiger partial charge on any atom is -0.326 e. The van der Waals surface area contributed by atoms with E-state index in [0.29, 0.717) is 0 Å². The lowest BCUT2D eigenvalue weighted by atomic mass is 9.90. The number of hydrogen-bond donors (Lipinski definition) is 2. The maximum absolute atomic E-state index is 13.5. The Balaban J connectivity index is 2.52. The second-order valence-corrected chi connectivity index (χ2v) is 4.51. The van der Waals surface area contributed by atoms with Crippen LogP contribution in [-0.2, 0) is 4.79 Å². The third-order valence-electron chi connectivity index (χ3n) is 3.15. The van der Waals surface area contributed by atoms with Gasteiger partial charge in [0.2, 0.25) is 0 Å². The predicted molar refractivity (Wildman–Crippen MR) is 66.9 cm³/mol. The molecule has 0 saturated carbocycles. The molecule has 0 bridgehead atoms. The van der Waals surface area contributed by atoms with Crippen LogP contribution in [0.15, 0.2) is 35.8 Å². The fourth-order valence-electron chi connectivity index (χ4n) is 2.09. The summed E-state index contributed by atoms with van der Waals surface area (Å²) in [6, 6.07) is 3.94. The quantitative estimate of drug-likeness (QED) is 0.853. The monoisotopic (exact) mass is 310 g/mol. The Bertz CT molecular complexity index is 706. The zero-order valence-electron chi connectivity index (χ0n) is 11.2. The summed E-state index contributed by atoms with van der Waals surface area (Å²) >= 11 is 0. The lowest BCUT2D eigenvalue weighted by Gasteiger charge is -2.30. The Morgan fingerprint density at radius 3 is 2.68 bits per heavy atom. The molecule has 0 aromatic carbocycles. The molecule has 1 aliphatic rings. The van der Waals surface area contributed by atoms with Crippen LogP contribution in [0.5, 0.6) is 0 Å². The molecule has 114 valence electrons. The van der Waals surface area contributed by atoms with Crippen molar-refractivity contribution in [3.8, 4) is 6.07 Å². The highest BCUT2D eigenvalue weighted by Gasteiger charge is 2.67. The van der Waals surface area contributed by atoms with Crippen molar-refractivity contribution >= 4 is 11.8 Å². The van der Waals surface area contributed by atoms with Gasteiger partial charge < -0.3 is 10.6 Å². The Morgan fingerprint density at radius 1 is 1.50 bits per heavy atom. The Labute approximate surface area is 122 Å². The first-order chi connectivity index (χ1) is 10.2. The van der Waals surface area contributed by atoms with Crippen LogP contribution in [0, 0.1) is 11.3 Å². The van der Waals surface area contributed by atoms with Crippen LogP contribution in [0.25, 0.3) is 0 Å². The molecule has 22 heavy (non-hydrogen) atoms. The average Bonchev–Trinajstić information content (AvgIpc) is 2.70. The number of aromatic nitrogens is 1. The number of nitriles is 1. The van der Waals surface area contributed by atoms with Gasteiger partial charge in [-0.2, -0.15) is 18.4 Å². The van der Waals surface area contributed by atoms with Gasteiger partial charge in [-0.25, -0.2) is 0 Å². The topological polar surface area (TPSA) is 94.9 Å². The number of amides is 2. The SMILES string of the molecule is CC1=C(C#N)[C@@](NC(=O)c2cccnc2)(C(F)(F)F)C(=O)N1. The van der Waals surface area contributed by atoms with Gasteiger partial charge in [-0.15, -0.1) is 0 Å². The van der Waals surface area contributed by atoms with Crippen molar-refractivity contribution in [2.75, 3.05) is 0 Å². The van der Waals surface area contributed by atoms with E-state index in [0.717, 1.165) is 13.1 Å². The average molecular weight is 310 g/mol. The van der Waals surface area contributed by atoms with Crippen LogP contribution in [0.3, 0.4) is 0 Å². The van der Waals surface area contributed by atoms with Crippen molar-refractivity contribution in [1.82, 2.24) is 15.6 Å². The molecule has 0 unspecified atom stereocenters. The predicted octanol–water partition coefficient (Wildman–Crippen LogP) is 1.04. The molecule has 1 aliphatic heterocycles. The van der Waals surface area contributed by atoms with E-state index in [1.165, 1.54) is 24.4 Å². The van der Waals surface area contributed by atoms with Crippen molar-refractivity contribution in [3.63, 3.8) is 0 Å². The molecule has 0 spiro atoms. The molecule has 2 rings (SSSR count). The van der Waals surface area contributed by atoms with Crippen molar-refractivity contribution in [3.05, 3.63) is 41.4 Å². The largest absolute Gasteiger partial charge is 0.425 e. The van der Waals surface area contributed by atoms with Gasteiger partial charge in [0, 0.05) is 18.1 Å². The maximum Gasteiger partial charge on any atom is 0.425 e. The highest BCUT2D eigenvalue weighted by Crippen LogP contribution is 2.40. The van der Waals surface area contributed by atoms with Gasteiger partial charge in [0.1, 0.15) is 0 Å². The van der Waals surface area contributed by atoms with E-state index >= 15 is 0 Å². The van der Waals surface area contributed by atoms with Crippen LogP contribution in [0.4, 0.5) is 13.2 Å². The van der Waals surface area contributed by atoms with E-state index in [1.54, 1.807) is 5.32 Å². The maximum atomic E-state index is 13.5. The van der Waals surface area contributed by atoms with Gasteiger partial charge in [0.15, 0.2) is 0 Å². The normalized spacial score (nSPS) is 21.3. The number of carbonyl (C=O) groups is 2. The number of nitrogens with zero attached hydrogens (tertiary/aromatic N) is 2. The molecule has 6 nitrogen and oxygen atoms in total. The lowest BCUT2D eigenvalue weighted by Crippen LogP contribution is -2.64. The third kappa shape index (κ3) is 2.18. The van der Waals surface area contributed by atoms with Crippen LogP contribution < -0.4 is 10.6 Å². The fraction of sp³-hybridized carbons (Fsp3) is 0.231. The first kappa shape index (κ1) is 15.5. The highest BCUT2D eigenvalue weighted by atomic mass is 19.4. The van der Waals surface area contributed by atoms with Crippen molar-refractivity contribution in [2.24, 2.45) is 0 Å². The minimum atomic E-state index is -5.18. The molecule has 2 amide bonds. The van der Waals surface area contributed by atoms with E-state index in [1.807, 2.05) is 5.32 Å². The van der Waals surface area contributed by atoms with Crippen LogP contribution in [0.2, 0.25) is 0 Å². The summed E-state index contributed by atoms with van der Waals surface area (Å²) in [6.07, 6.45) is -2.80. The molecule has 1 atom stereocenters. The van der Waals surface area contributed by atoms with E-state index in [4.69, 9.17) is 5.26 Å². The molecule has 2 N–H and O–H groups in total. The van der Waals surface area contributed by atoms with Crippen LogP contribution >= 0.6 is 0 Å². The summed E-state index contributed by atoms with van der Waals surface area (Å²) in [5, 5.41) is 12.5. The zero-order chi connectivity index (χ0) is 16.5. The molecule has 0 aliphatic carbocycles. The summed E-state index contributed by atoms with van der Waals surface area (Å²) in [5.41, 5.74) is -4.71. The number of allylic oxidation sites excluding steroid dienone is 1. The smallest absolute Gasteiger partial charge is 0.326 e. The summed E-state index contributed by atoms with van der Waals surface area (Å²) in [7, 11) is 0. The summed E-state index contributed by atoms with van der Waals surface area (Å²) in [5.74, 6) is -2.69. The van der Waals surface area contributed by atoms with Crippen LogP contribution in [0.1, 0.15) is 17.3 Å². The first-order valence-corrected chi connectivity index (χ1v) is 5.96. The molecule has 9 heteroatoms. The minimum absolute atomic E-state index is 0.166. The van der Waals surface area contributed by atoms with Gasteiger partial charge in [-0.3, -0.25) is 14.6 Å². The zero-order valence-corrected chi connectivity index (χ0v) is 11.2. The summed E-state index contributed by atoms with van der Waals surface area (Å²) in [4.78, 5) is 27.5. The molecular weight excluding hydrogens is 301 g/mol. The van der Waals surface area contributed by atoms with Gasteiger partial charge in [-0.05, 0) is 19.1 Å². The van der Waals surface area contributed by atoms with E-state index in [2.05, 4.69) is 4.98 Å². The van der Waals surface area contributed by atoms with Gasteiger partial charge in [0.05, 0.1) is 17.2 Å². The molecule has 0 radical (unpaired) electrons. The highest BCUT2D eigenvalue weighted by molar-refractivity contribution is 6.04.